The van der Waals surface area contributed by atoms with Crippen LogP contribution in [0.4, 0.5) is 5.69 Å². The number of anilines is 1. The van der Waals surface area contributed by atoms with E-state index in [1.54, 1.807) is 4.68 Å². The summed E-state index contributed by atoms with van der Waals surface area (Å²) in [5.74, 6) is -0.01000. The van der Waals surface area contributed by atoms with E-state index >= 15 is 0 Å². The second-order valence-electron chi connectivity index (χ2n) is 4.55. The lowest BCUT2D eigenvalue weighted by Gasteiger charge is -2.12. The monoisotopic (exact) mass is 252 g/mol. The zero-order chi connectivity index (χ0) is 13.7. The molecule has 0 bridgehead atoms. The summed E-state index contributed by atoms with van der Waals surface area (Å²) in [6.07, 6.45) is 2.50. The third-order valence-corrected chi connectivity index (χ3v) is 3.16. The number of rotatable bonds is 6. The van der Waals surface area contributed by atoms with Gasteiger partial charge in [0.15, 0.2) is 0 Å². The van der Waals surface area contributed by atoms with Crippen LogP contribution in [0.1, 0.15) is 45.5 Å². The second kappa shape index (κ2) is 6.42. The zero-order valence-corrected chi connectivity index (χ0v) is 11.8. The summed E-state index contributed by atoms with van der Waals surface area (Å²) in [5.41, 5.74) is 8.57. The maximum atomic E-state index is 11.8. The number of nitrogen functional groups attached to an aromatic ring is 1. The van der Waals surface area contributed by atoms with Crippen molar-refractivity contribution in [3.63, 3.8) is 0 Å². The molecular weight excluding hydrogens is 228 g/mol. The predicted molar refractivity (Wildman–Crippen MR) is 73.3 cm³/mol. The molecule has 0 spiro atoms. The van der Waals surface area contributed by atoms with Crippen molar-refractivity contribution in [1.82, 2.24) is 15.1 Å². The van der Waals surface area contributed by atoms with Crippen molar-refractivity contribution in [2.75, 3.05) is 5.73 Å². The van der Waals surface area contributed by atoms with Gasteiger partial charge in [0.1, 0.15) is 6.54 Å². The first kappa shape index (κ1) is 14.5. The number of aromatic nitrogens is 2. The zero-order valence-electron chi connectivity index (χ0n) is 11.8. The lowest BCUT2D eigenvalue weighted by Crippen LogP contribution is -2.35. The summed E-state index contributed by atoms with van der Waals surface area (Å²) in [6, 6.07) is 0.195. The van der Waals surface area contributed by atoms with Gasteiger partial charge >= 0.3 is 0 Å². The molecule has 0 aromatic carbocycles. The average Bonchev–Trinajstić information content (AvgIpc) is 2.64. The van der Waals surface area contributed by atoms with E-state index in [4.69, 9.17) is 5.73 Å². The van der Waals surface area contributed by atoms with Crippen molar-refractivity contribution in [2.24, 2.45) is 0 Å². The van der Waals surface area contributed by atoms with Gasteiger partial charge in [-0.15, -0.1) is 0 Å². The largest absolute Gasteiger partial charge is 0.396 e. The van der Waals surface area contributed by atoms with Crippen molar-refractivity contribution >= 4 is 11.6 Å². The summed E-state index contributed by atoms with van der Waals surface area (Å²) < 4.78 is 1.73. The van der Waals surface area contributed by atoms with E-state index in [1.165, 1.54) is 0 Å². The molecule has 18 heavy (non-hydrogen) atoms. The highest BCUT2D eigenvalue weighted by Gasteiger charge is 2.15. The van der Waals surface area contributed by atoms with Crippen LogP contribution in [0.2, 0.25) is 0 Å². The maximum absolute atomic E-state index is 11.8. The summed E-state index contributed by atoms with van der Waals surface area (Å²) in [7, 11) is 0. The molecule has 0 saturated carbocycles. The summed E-state index contributed by atoms with van der Waals surface area (Å²) in [5, 5.41) is 7.34. The number of nitrogens with one attached hydrogen (secondary N) is 1. The summed E-state index contributed by atoms with van der Waals surface area (Å²) in [4.78, 5) is 11.8. The molecule has 102 valence electrons. The third-order valence-electron chi connectivity index (χ3n) is 3.16. The van der Waals surface area contributed by atoms with Crippen LogP contribution in [0.5, 0.6) is 0 Å². The van der Waals surface area contributed by atoms with Crippen molar-refractivity contribution < 1.29 is 4.79 Å². The topological polar surface area (TPSA) is 72.9 Å². The number of carbonyl (C=O) groups is 1. The third kappa shape index (κ3) is 3.24. The van der Waals surface area contributed by atoms with Crippen LogP contribution in [0.25, 0.3) is 0 Å². The lowest BCUT2D eigenvalue weighted by atomic mass is 10.2. The second-order valence-corrected chi connectivity index (χ2v) is 4.55. The van der Waals surface area contributed by atoms with Gasteiger partial charge < -0.3 is 11.1 Å². The van der Waals surface area contributed by atoms with E-state index in [0.717, 1.165) is 36.3 Å². The Labute approximate surface area is 109 Å². The maximum Gasteiger partial charge on any atom is 0.241 e. The molecular formula is C13H24N4O. The molecule has 1 aromatic rings. The first-order chi connectivity index (χ1) is 8.53. The molecule has 3 N–H and O–H groups in total. The Morgan fingerprint density at radius 3 is 2.56 bits per heavy atom. The molecule has 5 nitrogen and oxygen atoms in total. The number of aryl methyl sites for hydroxylation is 1. The van der Waals surface area contributed by atoms with Crippen molar-refractivity contribution in [1.29, 1.82) is 0 Å². The van der Waals surface area contributed by atoms with Gasteiger partial charge in [-0.1, -0.05) is 20.8 Å². The van der Waals surface area contributed by atoms with Gasteiger partial charge in [-0.3, -0.25) is 9.48 Å². The Kier molecular flexibility index (Phi) is 5.19. The van der Waals surface area contributed by atoms with Gasteiger partial charge in [0.25, 0.3) is 0 Å². The van der Waals surface area contributed by atoms with E-state index in [0.29, 0.717) is 0 Å². The van der Waals surface area contributed by atoms with Gasteiger partial charge in [0.2, 0.25) is 5.91 Å². The molecule has 0 radical (unpaired) electrons. The fourth-order valence-corrected chi connectivity index (χ4v) is 1.89. The molecule has 0 aliphatic rings. The smallest absolute Gasteiger partial charge is 0.241 e. The predicted octanol–water partition coefficient (Wildman–Crippen LogP) is 1.50. The van der Waals surface area contributed by atoms with Crippen LogP contribution in [0.3, 0.4) is 0 Å². The Morgan fingerprint density at radius 2 is 2.06 bits per heavy atom. The fraction of sp³-hybridized carbons (Fsp3) is 0.692. The summed E-state index contributed by atoms with van der Waals surface area (Å²) >= 11 is 0. The molecule has 0 fully saturated rings. The van der Waals surface area contributed by atoms with Gasteiger partial charge in [0.05, 0.1) is 17.1 Å². The van der Waals surface area contributed by atoms with E-state index < -0.39 is 0 Å². The van der Waals surface area contributed by atoms with E-state index in [2.05, 4.69) is 10.4 Å². The Bertz CT molecular complexity index is 411. The number of carbonyl (C=O) groups excluding carboxylic acids is 1. The molecule has 1 amide bonds. The van der Waals surface area contributed by atoms with Crippen LogP contribution in [-0.4, -0.2) is 21.7 Å². The SMILES string of the molecule is CCc1nn(CC(=O)NC(C)CC)c(CC)c1N. The van der Waals surface area contributed by atoms with E-state index in [1.807, 2.05) is 27.7 Å². The molecule has 5 heteroatoms. The van der Waals surface area contributed by atoms with Crippen molar-refractivity contribution in [3.8, 4) is 0 Å². The fourth-order valence-electron chi connectivity index (χ4n) is 1.89. The van der Waals surface area contributed by atoms with E-state index in [9.17, 15) is 4.79 Å². The van der Waals surface area contributed by atoms with Crippen LogP contribution < -0.4 is 11.1 Å². The van der Waals surface area contributed by atoms with Gasteiger partial charge in [0, 0.05) is 6.04 Å². The minimum absolute atomic E-state index is 0.01000. The highest BCUT2D eigenvalue weighted by atomic mass is 16.2. The van der Waals surface area contributed by atoms with E-state index in [-0.39, 0.29) is 18.5 Å². The highest BCUT2D eigenvalue weighted by Crippen LogP contribution is 2.18. The molecule has 0 aliphatic heterocycles. The van der Waals surface area contributed by atoms with Crippen molar-refractivity contribution in [3.05, 3.63) is 11.4 Å². The van der Waals surface area contributed by atoms with Crippen molar-refractivity contribution in [2.45, 2.75) is 59.5 Å². The number of hydrogen-bond donors (Lipinski definition) is 2. The van der Waals surface area contributed by atoms with Crippen LogP contribution in [-0.2, 0) is 24.2 Å². The molecule has 0 saturated heterocycles. The highest BCUT2D eigenvalue weighted by molar-refractivity contribution is 5.76. The van der Waals surface area contributed by atoms with Crippen LogP contribution in [0.15, 0.2) is 0 Å². The van der Waals surface area contributed by atoms with Gasteiger partial charge in [-0.2, -0.15) is 5.10 Å². The first-order valence-corrected chi connectivity index (χ1v) is 6.66. The van der Waals surface area contributed by atoms with Crippen LogP contribution in [0, 0.1) is 0 Å². The lowest BCUT2D eigenvalue weighted by molar-refractivity contribution is -0.122. The van der Waals surface area contributed by atoms with Crippen LogP contribution >= 0.6 is 0 Å². The Morgan fingerprint density at radius 1 is 1.39 bits per heavy atom. The number of nitrogens with zero attached hydrogens (tertiary/aromatic N) is 2. The molecule has 1 unspecified atom stereocenters. The number of nitrogens with two attached hydrogens (primary N) is 1. The normalized spacial score (nSPS) is 12.4. The molecule has 0 aliphatic carbocycles. The standard InChI is InChI=1S/C13H24N4O/c1-5-9(4)15-12(18)8-17-11(7-3)13(14)10(6-2)16-17/h9H,5-8,14H2,1-4H3,(H,15,18). The van der Waals surface area contributed by atoms with Gasteiger partial charge in [-0.25, -0.2) is 0 Å². The Hall–Kier alpha value is -1.52. The molecule has 1 aromatic heterocycles. The number of amides is 1. The quantitative estimate of drug-likeness (QED) is 0.806. The molecule has 1 rings (SSSR count). The summed E-state index contributed by atoms with van der Waals surface area (Å²) in [6.45, 7) is 8.33. The number of hydrogen-bond acceptors (Lipinski definition) is 3. The minimum Gasteiger partial charge on any atom is -0.396 e. The first-order valence-electron chi connectivity index (χ1n) is 6.66. The molecule has 1 atom stereocenters. The Balaban J connectivity index is 2.81. The minimum atomic E-state index is -0.01000. The molecule has 1 heterocycles. The average molecular weight is 252 g/mol. The van der Waals surface area contributed by atoms with Gasteiger partial charge in [-0.05, 0) is 26.2 Å².